The number of amides is 2. The van der Waals surface area contributed by atoms with Crippen molar-refractivity contribution in [3.63, 3.8) is 0 Å². The molecule has 7 nitrogen and oxygen atoms in total. The van der Waals surface area contributed by atoms with E-state index in [4.69, 9.17) is 9.47 Å². The summed E-state index contributed by atoms with van der Waals surface area (Å²) in [7, 11) is 0. The van der Waals surface area contributed by atoms with E-state index in [1.807, 2.05) is 51.7 Å². The van der Waals surface area contributed by atoms with Gasteiger partial charge in [-0.15, -0.1) is 0 Å². The maximum absolute atomic E-state index is 12.4. The van der Waals surface area contributed by atoms with Crippen LogP contribution in [0.25, 0.3) is 0 Å². The lowest BCUT2D eigenvalue weighted by molar-refractivity contribution is -0.125. The van der Waals surface area contributed by atoms with Gasteiger partial charge < -0.3 is 20.1 Å². The number of ether oxygens (including phenoxy) is 2. The molecule has 0 spiro atoms. The molecule has 1 heterocycles. The monoisotopic (exact) mass is 391 g/mol. The van der Waals surface area contributed by atoms with E-state index in [9.17, 15) is 9.59 Å². The van der Waals surface area contributed by atoms with Crippen molar-refractivity contribution in [2.24, 2.45) is 0 Å². The summed E-state index contributed by atoms with van der Waals surface area (Å²) in [4.78, 5) is 26.1. The zero-order chi connectivity index (χ0) is 20.7. The molecule has 0 saturated heterocycles. The van der Waals surface area contributed by atoms with E-state index in [-0.39, 0.29) is 37.0 Å². The number of hydrogen-bond acceptors (Lipinski definition) is 5. The Balaban J connectivity index is 1.94. The molecule has 2 N–H and O–H groups in total. The highest BCUT2D eigenvalue weighted by molar-refractivity contribution is 5.81. The third kappa shape index (κ3) is 6.41. The van der Waals surface area contributed by atoms with Gasteiger partial charge in [0, 0.05) is 30.1 Å². The molecule has 2 amide bonds. The van der Waals surface area contributed by atoms with Gasteiger partial charge in [0.1, 0.15) is 17.6 Å². The van der Waals surface area contributed by atoms with E-state index in [0.29, 0.717) is 19.7 Å². The first-order valence-electron chi connectivity index (χ1n) is 10.1. The molecule has 0 fully saturated rings. The van der Waals surface area contributed by atoms with E-state index in [1.165, 1.54) is 0 Å². The Bertz CT molecular complexity index is 690. The minimum Gasteiger partial charge on any atom is -0.494 e. The van der Waals surface area contributed by atoms with E-state index in [1.54, 1.807) is 0 Å². The predicted molar refractivity (Wildman–Crippen MR) is 109 cm³/mol. The van der Waals surface area contributed by atoms with Crippen LogP contribution in [-0.4, -0.2) is 55.1 Å². The first-order valence-corrected chi connectivity index (χ1v) is 10.1. The summed E-state index contributed by atoms with van der Waals surface area (Å²) in [6.07, 6.45) is 1.02. The fourth-order valence-electron chi connectivity index (χ4n) is 3.21. The second-order valence-corrected chi connectivity index (χ2v) is 7.44. The van der Waals surface area contributed by atoms with E-state index in [2.05, 4.69) is 10.6 Å². The van der Waals surface area contributed by atoms with Gasteiger partial charge in [0.25, 0.3) is 0 Å². The van der Waals surface area contributed by atoms with Gasteiger partial charge in [0.15, 0.2) is 0 Å². The SMILES string of the molecule is CCOc1cc2c(cc1CNC(=O)CN(CC)CC(=O)NC(C)C)O[C@H](C)C2. The molecule has 1 atom stereocenters. The Labute approximate surface area is 167 Å². The molecule has 0 radical (unpaired) electrons. The van der Waals surface area contributed by atoms with Gasteiger partial charge in [0.2, 0.25) is 11.8 Å². The summed E-state index contributed by atoms with van der Waals surface area (Å²) in [6.45, 7) is 11.7. The third-order valence-electron chi connectivity index (χ3n) is 4.49. The fourth-order valence-corrected chi connectivity index (χ4v) is 3.21. The summed E-state index contributed by atoms with van der Waals surface area (Å²) < 4.78 is 11.6. The molecule has 0 aromatic heterocycles. The number of hydrogen-bond donors (Lipinski definition) is 2. The van der Waals surface area contributed by atoms with Crippen molar-refractivity contribution in [1.82, 2.24) is 15.5 Å². The summed E-state index contributed by atoms with van der Waals surface area (Å²) in [5.74, 6) is 1.44. The number of carbonyl (C=O) groups is 2. The number of nitrogens with zero attached hydrogens (tertiary/aromatic N) is 1. The second-order valence-electron chi connectivity index (χ2n) is 7.44. The fraction of sp³-hybridized carbons (Fsp3) is 0.619. The van der Waals surface area contributed by atoms with Crippen LogP contribution in [0.5, 0.6) is 11.5 Å². The average Bonchev–Trinajstić information content (AvgIpc) is 2.97. The number of fused-ring (bicyclic) bond motifs is 1. The molecule has 1 aromatic rings. The van der Waals surface area contributed by atoms with Crippen LogP contribution in [0.2, 0.25) is 0 Å². The topological polar surface area (TPSA) is 79.9 Å². The quantitative estimate of drug-likeness (QED) is 0.637. The van der Waals surface area contributed by atoms with Crippen molar-refractivity contribution in [2.45, 2.75) is 59.7 Å². The number of nitrogens with one attached hydrogen (secondary N) is 2. The Hall–Kier alpha value is -2.28. The van der Waals surface area contributed by atoms with Gasteiger partial charge in [-0.1, -0.05) is 6.92 Å². The Morgan fingerprint density at radius 3 is 2.61 bits per heavy atom. The molecule has 0 saturated carbocycles. The summed E-state index contributed by atoms with van der Waals surface area (Å²) in [5.41, 5.74) is 2.03. The molecule has 7 heteroatoms. The first kappa shape index (κ1) is 22.0. The van der Waals surface area contributed by atoms with Crippen LogP contribution in [-0.2, 0) is 22.6 Å². The number of likely N-dealkylation sites (N-methyl/N-ethyl adjacent to an activating group) is 1. The molecular weight excluding hydrogens is 358 g/mol. The highest BCUT2D eigenvalue weighted by Crippen LogP contribution is 2.35. The third-order valence-corrected chi connectivity index (χ3v) is 4.49. The van der Waals surface area contributed by atoms with Crippen LogP contribution in [0.4, 0.5) is 0 Å². The number of rotatable bonds is 10. The van der Waals surface area contributed by atoms with Crippen molar-refractivity contribution in [3.8, 4) is 11.5 Å². The summed E-state index contributed by atoms with van der Waals surface area (Å²) in [6, 6.07) is 4.05. The predicted octanol–water partition coefficient (Wildman–Crippen LogP) is 1.87. The molecule has 156 valence electrons. The van der Waals surface area contributed by atoms with Crippen LogP contribution in [0, 0.1) is 0 Å². The van der Waals surface area contributed by atoms with Crippen LogP contribution >= 0.6 is 0 Å². The lowest BCUT2D eigenvalue weighted by Crippen LogP contribution is -2.44. The van der Waals surface area contributed by atoms with E-state index >= 15 is 0 Å². The van der Waals surface area contributed by atoms with Crippen molar-refractivity contribution < 1.29 is 19.1 Å². The van der Waals surface area contributed by atoms with Crippen molar-refractivity contribution in [3.05, 3.63) is 23.3 Å². The Morgan fingerprint density at radius 2 is 1.96 bits per heavy atom. The maximum Gasteiger partial charge on any atom is 0.234 e. The minimum absolute atomic E-state index is 0.0758. The lowest BCUT2D eigenvalue weighted by atomic mass is 10.1. The Kier molecular flexibility index (Phi) is 8.11. The summed E-state index contributed by atoms with van der Waals surface area (Å²) in [5, 5.41) is 5.78. The van der Waals surface area contributed by atoms with Gasteiger partial charge in [0.05, 0.1) is 19.7 Å². The standard InChI is InChI=1S/C21H33N3O4/c1-6-24(13-21(26)23-14(3)4)12-20(25)22-11-17-10-19-16(8-15(5)28-19)9-18(17)27-7-2/h9-10,14-15H,6-8,11-13H2,1-5H3,(H,22,25)(H,23,26)/t15-/m1/s1. The van der Waals surface area contributed by atoms with Gasteiger partial charge in [-0.25, -0.2) is 0 Å². The van der Waals surface area contributed by atoms with Gasteiger partial charge in [-0.2, -0.15) is 0 Å². The average molecular weight is 392 g/mol. The molecular formula is C21H33N3O4. The van der Waals surface area contributed by atoms with Crippen LogP contribution in [0.3, 0.4) is 0 Å². The van der Waals surface area contributed by atoms with Crippen LogP contribution in [0.1, 0.15) is 45.7 Å². The minimum atomic E-state index is -0.128. The van der Waals surface area contributed by atoms with E-state index < -0.39 is 0 Å². The van der Waals surface area contributed by atoms with E-state index in [0.717, 1.165) is 29.0 Å². The Morgan fingerprint density at radius 1 is 1.25 bits per heavy atom. The van der Waals surface area contributed by atoms with Crippen molar-refractivity contribution in [2.75, 3.05) is 26.2 Å². The number of benzene rings is 1. The van der Waals surface area contributed by atoms with Gasteiger partial charge in [-0.3, -0.25) is 14.5 Å². The molecule has 0 bridgehead atoms. The van der Waals surface area contributed by atoms with Crippen LogP contribution < -0.4 is 20.1 Å². The molecule has 1 aliphatic rings. The smallest absolute Gasteiger partial charge is 0.234 e. The highest BCUT2D eigenvalue weighted by Gasteiger charge is 2.22. The zero-order valence-corrected chi connectivity index (χ0v) is 17.6. The largest absolute Gasteiger partial charge is 0.494 e. The second kappa shape index (κ2) is 10.3. The van der Waals surface area contributed by atoms with Crippen molar-refractivity contribution in [1.29, 1.82) is 0 Å². The van der Waals surface area contributed by atoms with Gasteiger partial charge >= 0.3 is 0 Å². The molecule has 0 unspecified atom stereocenters. The lowest BCUT2D eigenvalue weighted by Gasteiger charge is -2.20. The van der Waals surface area contributed by atoms with Crippen LogP contribution in [0.15, 0.2) is 12.1 Å². The molecule has 1 aromatic carbocycles. The molecule has 1 aliphatic heterocycles. The van der Waals surface area contributed by atoms with Crippen molar-refractivity contribution >= 4 is 11.8 Å². The zero-order valence-electron chi connectivity index (χ0n) is 17.6. The highest BCUT2D eigenvalue weighted by atomic mass is 16.5. The molecule has 0 aliphatic carbocycles. The normalized spacial score (nSPS) is 15.3. The molecule has 28 heavy (non-hydrogen) atoms. The maximum atomic E-state index is 12.4. The molecule has 2 rings (SSSR count). The summed E-state index contributed by atoms with van der Waals surface area (Å²) >= 11 is 0. The first-order chi connectivity index (χ1) is 13.3. The number of carbonyl (C=O) groups excluding carboxylic acids is 2. The van der Waals surface area contributed by atoms with Gasteiger partial charge in [-0.05, 0) is 46.4 Å².